The van der Waals surface area contributed by atoms with Crippen molar-refractivity contribution >= 4 is 11.9 Å². The molecule has 0 atom stereocenters. The first-order valence-electron chi connectivity index (χ1n) is 4.54. The van der Waals surface area contributed by atoms with Crippen LogP contribution >= 0.6 is 0 Å². The van der Waals surface area contributed by atoms with Gasteiger partial charge in [0.2, 0.25) is 0 Å². The summed E-state index contributed by atoms with van der Waals surface area (Å²) in [6.07, 6.45) is 7.72. The molecule has 1 amide bonds. The number of nitrogens with one attached hydrogen (secondary N) is 1. The predicted molar refractivity (Wildman–Crippen MR) is 50.4 cm³/mol. The van der Waals surface area contributed by atoms with Crippen LogP contribution in [0.25, 0.3) is 0 Å². The van der Waals surface area contributed by atoms with Crippen LogP contribution in [0.15, 0.2) is 0 Å². The first-order chi connectivity index (χ1) is 6.58. The molecular weight excluding hydrogens is 182 g/mol. The molecule has 14 heavy (non-hydrogen) atoms. The predicted octanol–water partition coefficient (Wildman–Crippen LogP) is 0.381. The SMILES string of the molecule is C#CC(=O)NCC1(CC(=O)O)CCC1. The fourth-order valence-corrected chi connectivity index (χ4v) is 1.73. The van der Waals surface area contributed by atoms with Crippen molar-refractivity contribution in [2.24, 2.45) is 5.41 Å². The van der Waals surface area contributed by atoms with Crippen molar-refractivity contribution in [2.75, 3.05) is 6.54 Å². The molecule has 0 heterocycles. The van der Waals surface area contributed by atoms with E-state index in [4.69, 9.17) is 11.5 Å². The topological polar surface area (TPSA) is 66.4 Å². The van der Waals surface area contributed by atoms with Crippen LogP contribution in [0.3, 0.4) is 0 Å². The second-order valence-corrected chi connectivity index (χ2v) is 3.75. The van der Waals surface area contributed by atoms with E-state index in [9.17, 15) is 9.59 Å². The molecule has 1 aliphatic rings. The van der Waals surface area contributed by atoms with Crippen LogP contribution in [0.1, 0.15) is 25.7 Å². The van der Waals surface area contributed by atoms with Crippen LogP contribution in [0.4, 0.5) is 0 Å². The van der Waals surface area contributed by atoms with Crippen molar-refractivity contribution in [3.63, 3.8) is 0 Å². The number of carbonyl (C=O) groups is 2. The van der Waals surface area contributed by atoms with E-state index in [0.717, 1.165) is 19.3 Å². The Morgan fingerprint density at radius 3 is 2.50 bits per heavy atom. The molecule has 0 aromatic rings. The molecule has 0 aliphatic heterocycles. The van der Waals surface area contributed by atoms with Crippen LogP contribution < -0.4 is 5.32 Å². The van der Waals surface area contributed by atoms with Gasteiger partial charge in [0.1, 0.15) is 0 Å². The molecule has 76 valence electrons. The highest BCUT2D eigenvalue weighted by atomic mass is 16.4. The van der Waals surface area contributed by atoms with Crippen LogP contribution in [0.5, 0.6) is 0 Å². The fourth-order valence-electron chi connectivity index (χ4n) is 1.73. The van der Waals surface area contributed by atoms with Gasteiger partial charge in [0.05, 0.1) is 6.42 Å². The molecule has 0 spiro atoms. The van der Waals surface area contributed by atoms with Gasteiger partial charge < -0.3 is 10.4 Å². The molecule has 0 aromatic heterocycles. The molecule has 1 rings (SSSR count). The third-order valence-corrected chi connectivity index (χ3v) is 2.70. The summed E-state index contributed by atoms with van der Waals surface area (Å²) < 4.78 is 0. The number of hydrogen-bond acceptors (Lipinski definition) is 2. The van der Waals surface area contributed by atoms with E-state index in [-0.39, 0.29) is 11.8 Å². The highest BCUT2D eigenvalue weighted by molar-refractivity contribution is 5.92. The Labute approximate surface area is 82.7 Å². The van der Waals surface area contributed by atoms with E-state index in [1.807, 2.05) is 5.92 Å². The highest BCUT2D eigenvalue weighted by Gasteiger charge is 2.38. The molecule has 0 radical (unpaired) electrons. The molecule has 4 nitrogen and oxygen atoms in total. The van der Waals surface area contributed by atoms with Crippen molar-refractivity contribution in [3.05, 3.63) is 0 Å². The van der Waals surface area contributed by atoms with Gasteiger partial charge in [-0.05, 0) is 24.2 Å². The molecule has 1 fully saturated rings. The van der Waals surface area contributed by atoms with Gasteiger partial charge in [-0.2, -0.15) is 0 Å². The van der Waals surface area contributed by atoms with Gasteiger partial charge in [-0.3, -0.25) is 9.59 Å². The van der Waals surface area contributed by atoms with Crippen LogP contribution in [0.2, 0.25) is 0 Å². The summed E-state index contributed by atoms with van der Waals surface area (Å²) in [6, 6.07) is 0. The van der Waals surface area contributed by atoms with Gasteiger partial charge in [-0.1, -0.05) is 6.42 Å². The van der Waals surface area contributed by atoms with E-state index in [1.165, 1.54) is 0 Å². The number of carboxylic acid groups (broad SMARTS) is 1. The summed E-state index contributed by atoms with van der Waals surface area (Å²) in [5, 5.41) is 11.2. The molecule has 0 aromatic carbocycles. The number of carboxylic acids is 1. The number of hydrogen-bond donors (Lipinski definition) is 2. The Kier molecular flexibility index (Phi) is 3.13. The highest BCUT2D eigenvalue weighted by Crippen LogP contribution is 2.43. The van der Waals surface area contributed by atoms with Gasteiger partial charge in [0.25, 0.3) is 5.91 Å². The molecule has 0 saturated heterocycles. The lowest BCUT2D eigenvalue weighted by Gasteiger charge is -2.40. The van der Waals surface area contributed by atoms with E-state index in [2.05, 4.69) is 5.32 Å². The van der Waals surface area contributed by atoms with Gasteiger partial charge in [0.15, 0.2) is 0 Å². The normalized spacial score (nSPS) is 17.6. The largest absolute Gasteiger partial charge is 0.481 e. The Hall–Kier alpha value is -1.50. The quantitative estimate of drug-likeness (QED) is 0.637. The monoisotopic (exact) mass is 195 g/mol. The molecule has 2 N–H and O–H groups in total. The van der Waals surface area contributed by atoms with Crippen LogP contribution in [0, 0.1) is 17.8 Å². The Morgan fingerprint density at radius 2 is 2.14 bits per heavy atom. The van der Waals surface area contributed by atoms with E-state index < -0.39 is 11.9 Å². The van der Waals surface area contributed by atoms with Crippen LogP contribution in [-0.4, -0.2) is 23.5 Å². The summed E-state index contributed by atoms with van der Waals surface area (Å²) in [7, 11) is 0. The van der Waals surface area contributed by atoms with Gasteiger partial charge in [-0.25, -0.2) is 0 Å². The van der Waals surface area contributed by atoms with Crippen molar-refractivity contribution < 1.29 is 14.7 Å². The lowest BCUT2D eigenvalue weighted by atomic mass is 9.66. The van der Waals surface area contributed by atoms with Crippen molar-refractivity contribution in [1.82, 2.24) is 5.32 Å². The lowest BCUT2D eigenvalue weighted by molar-refractivity contribution is -0.141. The maximum absolute atomic E-state index is 10.8. The number of carbonyl (C=O) groups excluding carboxylic acids is 1. The molecule has 0 unspecified atom stereocenters. The smallest absolute Gasteiger partial charge is 0.303 e. The Bertz CT molecular complexity index is 286. The molecule has 0 bridgehead atoms. The second-order valence-electron chi connectivity index (χ2n) is 3.75. The number of aliphatic carboxylic acids is 1. The average Bonchev–Trinajstić information content (AvgIpc) is 2.08. The average molecular weight is 195 g/mol. The zero-order valence-electron chi connectivity index (χ0n) is 7.88. The third-order valence-electron chi connectivity index (χ3n) is 2.70. The zero-order chi connectivity index (χ0) is 10.6. The first kappa shape index (κ1) is 10.6. The van der Waals surface area contributed by atoms with Crippen molar-refractivity contribution in [1.29, 1.82) is 0 Å². The fraction of sp³-hybridized carbons (Fsp3) is 0.600. The van der Waals surface area contributed by atoms with Crippen molar-refractivity contribution in [3.8, 4) is 12.3 Å². The standard InChI is InChI=1S/C10H13NO3/c1-2-8(12)11-7-10(4-3-5-10)6-9(13)14/h1H,3-7H2,(H,11,12)(H,13,14). The van der Waals surface area contributed by atoms with Crippen molar-refractivity contribution in [2.45, 2.75) is 25.7 Å². The second kappa shape index (κ2) is 4.14. The number of rotatable bonds is 4. The van der Waals surface area contributed by atoms with Gasteiger partial charge >= 0.3 is 5.97 Å². The van der Waals surface area contributed by atoms with E-state index in [1.54, 1.807) is 0 Å². The summed E-state index contributed by atoms with van der Waals surface area (Å²) in [6.45, 7) is 0.377. The third kappa shape index (κ3) is 2.49. The number of terminal acetylenes is 1. The summed E-state index contributed by atoms with van der Waals surface area (Å²) in [5.41, 5.74) is -0.252. The minimum Gasteiger partial charge on any atom is -0.481 e. The summed E-state index contributed by atoms with van der Waals surface area (Å²) >= 11 is 0. The maximum atomic E-state index is 10.8. The Morgan fingerprint density at radius 1 is 1.50 bits per heavy atom. The molecule has 1 aliphatic carbocycles. The zero-order valence-corrected chi connectivity index (χ0v) is 7.88. The van der Waals surface area contributed by atoms with Gasteiger partial charge in [0, 0.05) is 6.54 Å². The lowest BCUT2D eigenvalue weighted by Crippen LogP contribution is -2.43. The summed E-state index contributed by atoms with van der Waals surface area (Å²) in [5.74, 6) is 0.651. The Balaban J connectivity index is 2.42. The van der Waals surface area contributed by atoms with Gasteiger partial charge in [-0.15, -0.1) is 6.42 Å². The molecule has 1 saturated carbocycles. The minimum atomic E-state index is -0.820. The van der Waals surface area contributed by atoms with E-state index in [0.29, 0.717) is 6.54 Å². The molecule has 4 heteroatoms. The number of amides is 1. The van der Waals surface area contributed by atoms with E-state index >= 15 is 0 Å². The maximum Gasteiger partial charge on any atom is 0.303 e. The van der Waals surface area contributed by atoms with Crippen LogP contribution in [-0.2, 0) is 9.59 Å². The minimum absolute atomic E-state index is 0.109. The molecular formula is C10H13NO3. The first-order valence-corrected chi connectivity index (χ1v) is 4.54. The summed E-state index contributed by atoms with van der Waals surface area (Å²) in [4.78, 5) is 21.4.